The minimum absolute atomic E-state index is 0.0598. The number of carbonyl (C=O) groups is 1. The number of carbonyl (C=O) groups excluding carboxylic acids is 1. The van der Waals surface area contributed by atoms with Crippen LogP contribution in [-0.2, 0) is 6.61 Å². The fraction of sp³-hybridized carbons (Fsp3) is 0.174. The molecule has 0 fully saturated rings. The lowest BCUT2D eigenvalue weighted by Crippen LogP contribution is -2.13. The third-order valence-electron chi connectivity index (χ3n) is 3.93. The van der Waals surface area contributed by atoms with Crippen LogP contribution in [0.15, 0.2) is 77.3 Å². The minimum Gasteiger partial charge on any atom is -0.490 e. The number of ether oxygens (including phenoxy) is 2. The van der Waals surface area contributed by atoms with Crippen LogP contribution in [0.5, 0.6) is 11.5 Å². The molecule has 4 nitrogen and oxygen atoms in total. The van der Waals surface area contributed by atoms with Crippen LogP contribution in [0.4, 0.5) is 5.69 Å². The molecule has 0 spiro atoms. The molecule has 3 aromatic rings. The van der Waals surface area contributed by atoms with Gasteiger partial charge in [0.2, 0.25) is 0 Å². The molecule has 0 bridgehead atoms. The van der Waals surface area contributed by atoms with Crippen molar-refractivity contribution in [1.82, 2.24) is 0 Å². The predicted molar refractivity (Wildman–Crippen MR) is 115 cm³/mol. The Labute approximate surface area is 173 Å². The van der Waals surface area contributed by atoms with Crippen LogP contribution < -0.4 is 14.8 Å². The van der Waals surface area contributed by atoms with Gasteiger partial charge in [-0.25, -0.2) is 0 Å². The standard InChI is InChI=1S/C23H22BrNO3/c1-16(2)28-21-13-12-18(14-19(21)24)23(26)25-20-10-6-7-11-22(20)27-15-17-8-4-3-5-9-17/h3-14,16H,15H2,1-2H3,(H,25,26). The Morgan fingerprint density at radius 1 is 0.964 bits per heavy atom. The SMILES string of the molecule is CC(C)Oc1ccc(C(=O)Nc2ccccc2OCc2ccccc2)cc1Br. The second-order valence-corrected chi connectivity index (χ2v) is 7.39. The van der Waals surface area contributed by atoms with Crippen molar-refractivity contribution in [3.8, 4) is 11.5 Å². The molecule has 0 aliphatic rings. The first-order valence-corrected chi connectivity index (χ1v) is 9.85. The molecule has 3 aromatic carbocycles. The highest BCUT2D eigenvalue weighted by atomic mass is 79.9. The molecule has 0 saturated heterocycles. The van der Waals surface area contributed by atoms with E-state index in [0.717, 1.165) is 10.0 Å². The summed E-state index contributed by atoms with van der Waals surface area (Å²) in [6.45, 7) is 4.35. The first-order chi connectivity index (χ1) is 13.5. The quantitative estimate of drug-likeness (QED) is 0.485. The zero-order chi connectivity index (χ0) is 19.9. The number of para-hydroxylation sites is 2. The topological polar surface area (TPSA) is 47.6 Å². The van der Waals surface area contributed by atoms with Crippen molar-refractivity contribution < 1.29 is 14.3 Å². The fourth-order valence-electron chi connectivity index (χ4n) is 2.62. The molecular formula is C23H22BrNO3. The number of anilines is 1. The first-order valence-electron chi connectivity index (χ1n) is 9.06. The highest BCUT2D eigenvalue weighted by Gasteiger charge is 2.13. The maximum absolute atomic E-state index is 12.7. The second-order valence-electron chi connectivity index (χ2n) is 6.54. The number of rotatable bonds is 7. The predicted octanol–water partition coefficient (Wildman–Crippen LogP) is 6.07. The van der Waals surface area contributed by atoms with Crippen molar-refractivity contribution in [2.24, 2.45) is 0 Å². The van der Waals surface area contributed by atoms with E-state index in [-0.39, 0.29) is 12.0 Å². The highest BCUT2D eigenvalue weighted by Crippen LogP contribution is 2.29. The van der Waals surface area contributed by atoms with Gasteiger partial charge < -0.3 is 14.8 Å². The van der Waals surface area contributed by atoms with Crippen LogP contribution in [0.25, 0.3) is 0 Å². The summed E-state index contributed by atoms with van der Waals surface area (Å²) in [6.07, 6.45) is 0.0598. The summed E-state index contributed by atoms with van der Waals surface area (Å²) < 4.78 is 12.3. The number of hydrogen-bond acceptors (Lipinski definition) is 3. The second kappa shape index (κ2) is 9.42. The van der Waals surface area contributed by atoms with Crippen molar-refractivity contribution in [3.63, 3.8) is 0 Å². The molecule has 28 heavy (non-hydrogen) atoms. The fourth-order valence-corrected chi connectivity index (χ4v) is 3.09. The van der Waals surface area contributed by atoms with E-state index in [1.165, 1.54) is 0 Å². The molecule has 5 heteroatoms. The first kappa shape index (κ1) is 20.0. The lowest BCUT2D eigenvalue weighted by Gasteiger charge is -2.14. The van der Waals surface area contributed by atoms with Crippen molar-refractivity contribution in [2.45, 2.75) is 26.6 Å². The molecule has 0 aliphatic heterocycles. The zero-order valence-corrected chi connectivity index (χ0v) is 17.4. The third kappa shape index (κ3) is 5.36. The Balaban J connectivity index is 1.71. The number of hydrogen-bond donors (Lipinski definition) is 1. The third-order valence-corrected chi connectivity index (χ3v) is 4.55. The number of nitrogens with one attached hydrogen (secondary N) is 1. The molecule has 0 heterocycles. The van der Waals surface area contributed by atoms with E-state index in [2.05, 4.69) is 21.2 Å². The van der Waals surface area contributed by atoms with Gasteiger partial charge in [0.1, 0.15) is 18.1 Å². The van der Waals surface area contributed by atoms with E-state index in [9.17, 15) is 4.79 Å². The van der Waals surface area contributed by atoms with Gasteiger partial charge in [-0.1, -0.05) is 42.5 Å². The summed E-state index contributed by atoms with van der Waals surface area (Å²) in [5.74, 6) is 1.12. The van der Waals surface area contributed by atoms with Gasteiger partial charge in [-0.2, -0.15) is 0 Å². The number of halogens is 1. The van der Waals surface area contributed by atoms with Gasteiger partial charge in [-0.15, -0.1) is 0 Å². The summed E-state index contributed by atoms with van der Waals surface area (Å²) >= 11 is 3.46. The maximum atomic E-state index is 12.7. The van der Waals surface area contributed by atoms with Crippen LogP contribution in [0.3, 0.4) is 0 Å². The number of benzene rings is 3. The van der Waals surface area contributed by atoms with Gasteiger partial charge in [0.05, 0.1) is 16.3 Å². The lowest BCUT2D eigenvalue weighted by molar-refractivity contribution is 0.102. The van der Waals surface area contributed by atoms with Crippen molar-refractivity contribution in [1.29, 1.82) is 0 Å². The average molecular weight is 440 g/mol. The van der Waals surface area contributed by atoms with Crippen molar-refractivity contribution in [2.75, 3.05) is 5.32 Å². The lowest BCUT2D eigenvalue weighted by atomic mass is 10.2. The molecule has 1 amide bonds. The van der Waals surface area contributed by atoms with Gasteiger partial charge in [0.15, 0.2) is 0 Å². The van der Waals surface area contributed by atoms with Crippen LogP contribution in [-0.4, -0.2) is 12.0 Å². The monoisotopic (exact) mass is 439 g/mol. The van der Waals surface area contributed by atoms with E-state index in [1.807, 2.05) is 68.4 Å². The maximum Gasteiger partial charge on any atom is 0.255 e. The van der Waals surface area contributed by atoms with E-state index >= 15 is 0 Å². The van der Waals surface area contributed by atoms with E-state index in [4.69, 9.17) is 9.47 Å². The van der Waals surface area contributed by atoms with Crippen LogP contribution in [0.2, 0.25) is 0 Å². The summed E-state index contributed by atoms with van der Waals surface area (Å²) in [5.41, 5.74) is 2.22. The molecule has 3 rings (SSSR count). The molecule has 0 radical (unpaired) electrons. The molecule has 0 saturated carbocycles. The van der Waals surface area contributed by atoms with Crippen LogP contribution >= 0.6 is 15.9 Å². The van der Waals surface area contributed by atoms with Crippen molar-refractivity contribution in [3.05, 3.63) is 88.4 Å². The smallest absolute Gasteiger partial charge is 0.255 e. The summed E-state index contributed by atoms with van der Waals surface area (Å²) in [5, 5.41) is 2.92. The molecule has 0 aliphatic carbocycles. The zero-order valence-electron chi connectivity index (χ0n) is 15.8. The average Bonchev–Trinajstić information content (AvgIpc) is 2.69. The Morgan fingerprint density at radius 2 is 1.68 bits per heavy atom. The number of amides is 1. The van der Waals surface area contributed by atoms with Crippen LogP contribution in [0.1, 0.15) is 29.8 Å². The van der Waals surface area contributed by atoms with E-state index in [0.29, 0.717) is 29.4 Å². The van der Waals surface area contributed by atoms with Crippen LogP contribution in [0, 0.1) is 0 Å². The summed E-state index contributed by atoms with van der Waals surface area (Å²) in [6, 6.07) is 22.6. The van der Waals surface area contributed by atoms with E-state index in [1.54, 1.807) is 18.2 Å². The van der Waals surface area contributed by atoms with Gasteiger partial charge in [0, 0.05) is 5.56 Å². The van der Waals surface area contributed by atoms with Gasteiger partial charge in [0.25, 0.3) is 5.91 Å². The van der Waals surface area contributed by atoms with E-state index < -0.39 is 0 Å². The summed E-state index contributed by atoms with van der Waals surface area (Å²) in [4.78, 5) is 12.7. The molecule has 1 N–H and O–H groups in total. The molecule has 144 valence electrons. The Morgan fingerprint density at radius 3 is 2.39 bits per heavy atom. The summed E-state index contributed by atoms with van der Waals surface area (Å²) in [7, 11) is 0. The Kier molecular flexibility index (Phi) is 6.71. The Hall–Kier alpha value is -2.79. The Bertz CT molecular complexity index is 942. The van der Waals surface area contributed by atoms with Gasteiger partial charge >= 0.3 is 0 Å². The van der Waals surface area contributed by atoms with Crippen molar-refractivity contribution >= 4 is 27.5 Å². The minimum atomic E-state index is -0.215. The van der Waals surface area contributed by atoms with Gasteiger partial charge in [-0.3, -0.25) is 4.79 Å². The van der Waals surface area contributed by atoms with Gasteiger partial charge in [-0.05, 0) is 65.7 Å². The normalized spacial score (nSPS) is 10.6. The molecule has 0 aromatic heterocycles. The highest BCUT2D eigenvalue weighted by molar-refractivity contribution is 9.10. The largest absolute Gasteiger partial charge is 0.490 e. The molecule has 0 atom stereocenters. The molecule has 0 unspecified atom stereocenters. The molecular weight excluding hydrogens is 418 g/mol.